The predicted molar refractivity (Wildman–Crippen MR) is 62.5 cm³/mol. The van der Waals surface area contributed by atoms with Gasteiger partial charge in [-0.2, -0.15) is 0 Å². The number of hydrogen-bond donors (Lipinski definition) is 0. The summed E-state index contributed by atoms with van der Waals surface area (Å²) in [4.78, 5) is 6.45. The van der Waals surface area contributed by atoms with Gasteiger partial charge in [-0.05, 0) is 32.0 Å². The van der Waals surface area contributed by atoms with Gasteiger partial charge in [-0.1, -0.05) is 17.7 Å². The van der Waals surface area contributed by atoms with Crippen molar-refractivity contribution in [1.82, 2.24) is 4.90 Å². The van der Waals surface area contributed by atoms with E-state index in [0.29, 0.717) is 0 Å². The van der Waals surface area contributed by atoms with Gasteiger partial charge < -0.3 is 4.90 Å². The molecule has 0 atom stereocenters. The molecule has 1 aromatic rings. The van der Waals surface area contributed by atoms with Gasteiger partial charge in [0, 0.05) is 18.1 Å². The van der Waals surface area contributed by atoms with Crippen LogP contribution in [0.1, 0.15) is 13.8 Å². The normalized spacial score (nSPS) is 10.8. The van der Waals surface area contributed by atoms with Crippen LogP contribution >= 0.6 is 11.6 Å². The first-order valence-corrected chi connectivity index (χ1v) is 5.17. The predicted octanol–water partition coefficient (Wildman–Crippen LogP) is 3.34. The molecule has 0 bridgehead atoms. The minimum atomic E-state index is 0.721. The number of nitrogens with zero attached hydrogens (tertiary/aromatic N) is 2. The van der Waals surface area contributed by atoms with Crippen molar-refractivity contribution in [1.29, 1.82) is 0 Å². The van der Waals surface area contributed by atoms with Crippen molar-refractivity contribution in [2.24, 2.45) is 4.99 Å². The number of rotatable bonds is 4. The van der Waals surface area contributed by atoms with Gasteiger partial charge in [-0.15, -0.1) is 0 Å². The highest BCUT2D eigenvalue weighted by Gasteiger charge is 1.92. The molecule has 1 rings (SSSR count). The van der Waals surface area contributed by atoms with Crippen LogP contribution in [0.5, 0.6) is 0 Å². The maximum Gasteiger partial charge on any atom is 0.0912 e. The van der Waals surface area contributed by atoms with E-state index in [4.69, 9.17) is 11.6 Å². The second kappa shape index (κ2) is 5.66. The Hall–Kier alpha value is -1.02. The Morgan fingerprint density at radius 1 is 1.36 bits per heavy atom. The van der Waals surface area contributed by atoms with E-state index in [0.717, 1.165) is 23.8 Å². The SMILES string of the molecule is CCN(C=Nc1cccc(Cl)c1)CC. The topological polar surface area (TPSA) is 15.6 Å². The van der Waals surface area contributed by atoms with Gasteiger partial charge in [0.1, 0.15) is 0 Å². The van der Waals surface area contributed by atoms with Crippen molar-refractivity contribution < 1.29 is 0 Å². The van der Waals surface area contributed by atoms with Crippen LogP contribution in [0.25, 0.3) is 0 Å². The molecule has 0 heterocycles. The maximum atomic E-state index is 5.84. The molecule has 1 aromatic carbocycles. The van der Waals surface area contributed by atoms with E-state index in [1.54, 1.807) is 0 Å². The van der Waals surface area contributed by atoms with Crippen LogP contribution in [0.15, 0.2) is 29.3 Å². The molecule has 76 valence electrons. The highest BCUT2D eigenvalue weighted by atomic mass is 35.5. The second-order valence-electron chi connectivity index (χ2n) is 2.95. The molecule has 0 N–H and O–H groups in total. The Labute approximate surface area is 90.2 Å². The smallest absolute Gasteiger partial charge is 0.0912 e. The largest absolute Gasteiger partial charge is 0.363 e. The molecule has 0 saturated heterocycles. The number of hydrogen-bond acceptors (Lipinski definition) is 1. The van der Waals surface area contributed by atoms with Crippen LogP contribution < -0.4 is 0 Å². The third-order valence-corrected chi connectivity index (χ3v) is 2.23. The fraction of sp³-hybridized carbons (Fsp3) is 0.364. The average Bonchev–Trinajstić information content (AvgIpc) is 2.19. The van der Waals surface area contributed by atoms with E-state index in [2.05, 4.69) is 23.7 Å². The van der Waals surface area contributed by atoms with Gasteiger partial charge in [0.15, 0.2) is 0 Å². The van der Waals surface area contributed by atoms with Crippen molar-refractivity contribution in [3.63, 3.8) is 0 Å². The van der Waals surface area contributed by atoms with Crippen molar-refractivity contribution in [3.05, 3.63) is 29.3 Å². The van der Waals surface area contributed by atoms with Gasteiger partial charge in [-0.25, -0.2) is 4.99 Å². The molecule has 0 radical (unpaired) electrons. The zero-order chi connectivity index (χ0) is 10.4. The fourth-order valence-corrected chi connectivity index (χ4v) is 1.28. The van der Waals surface area contributed by atoms with E-state index in [1.165, 1.54) is 0 Å². The first-order chi connectivity index (χ1) is 6.76. The number of benzene rings is 1. The van der Waals surface area contributed by atoms with Crippen LogP contribution in [0, 0.1) is 0 Å². The number of aliphatic imine (C=N–C) groups is 1. The van der Waals surface area contributed by atoms with Crippen LogP contribution in [0.3, 0.4) is 0 Å². The summed E-state index contributed by atoms with van der Waals surface area (Å²) in [6.07, 6.45) is 1.85. The standard InChI is InChI=1S/C11H15ClN2/c1-3-14(4-2)9-13-11-7-5-6-10(12)8-11/h5-9H,3-4H2,1-2H3. The third-order valence-electron chi connectivity index (χ3n) is 1.99. The molecule has 0 amide bonds. The molecular weight excluding hydrogens is 196 g/mol. The zero-order valence-electron chi connectivity index (χ0n) is 8.57. The van der Waals surface area contributed by atoms with Gasteiger partial charge in [-0.3, -0.25) is 0 Å². The summed E-state index contributed by atoms with van der Waals surface area (Å²) < 4.78 is 0. The Bertz CT molecular complexity index is 306. The van der Waals surface area contributed by atoms with Crippen molar-refractivity contribution in [2.75, 3.05) is 13.1 Å². The lowest BCUT2D eigenvalue weighted by Gasteiger charge is -2.13. The maximum absolute atomic E-state index is 5.84. The highest BCUT2D eigenvalue weighted by Crippen LogP contribution is 2.17. The van der Waals surface area contributed by atoms with E-state index in [-0.39, 0.29) is 0 Å². The molecule has 0 aliphatic heterocycles. The van der Waals surface area contributed by atoms with Crippen LogP contribution in [-0.2, 0) is 0 Å². The summed E-state index contributed by atoms with van der Waals surface area (Å²) >= 11 is 5.84. The molecule has 0 aliphatic carbocycles. The van der Waals surface area contributed by atoms with Gasteiger partial charge >= 0.3 is 0 Å². The summed E-state index contributed by atoms with van der Waals surface area (Å²) in [6, 6.07) is 7.53. The zero-order valence-corrected chi connectivity index (χ0v) is 9.33. The van der Waals surface area contributed by atoms with Crippen LogP contribution in [0.4, 0.5) is 5.69 Å². The summed E-state index contributed by atoms with van der Waals surface area (Å²) in [5.41, 5.74) is 0.893. The van der Waals surface area contributed by atoms with Crippen LogP contribution in [-0.4, -0.2) is 24.3 Å². The van der Waals surface area contributed by atoms with Crippen LogP contribution in [0.2, 0.25) is 5.02 Å². The second-order valence-corrected chi connectivity index (χ2v) is 3.38. The van der Waals surface area contributed by atoms with Gasteiger partial charge in [0.2, 0.25) is 0 Å². The van der Waals surface area contributed by atoms with E-state index in [1.807, 2.05) is 30.6 Å². The highest BCUT2D eigenvalue weighted by molar-refractivity contribution is 6.30. The van der Waals surface area contributed by atoms with E-state index in [9.17, 15) is 0 Å². The Morgan fingerprint density at radius 3 is 2.64 bits per heavy atom. The Morgan fingerprint density at radius 2 is 2.07 bits per heavy atom. The average molecular weight is 211 g/mol. The Balaban J connectivity index is 2.67. The van der Waals surface area contributed by atoms with Crippen molar-refractivity contribution in [3.8, 4) is 0 Å². The summed E-state index contributed by atoms with van der Waals surface area (Å²) in [5, 5.41) is 0.721. The molecule has 0 unspecified atom stereocenters. The molecule has 14 heavy (non-hydrogen) atoms. The first-order valence-electron chi connectivity index (χ1n) is 4.80. The minimum Gasteiger partial charge on any atom is -0.363 e. The lowest BCUT2D eigenvalue weighted by atomic mass is 10.3. The monoisotopic (exact) mass is 210 g/mol. The van der Waals surface area contributed by atoms with Crippen molar-refractivity contribution >= 4 is 23.6 Å². The molecule has 0 fully saturated rings. The summed E-state index contributed by atoms with van der Waals surface area (Å²) in [5.74, 6) is 0. The first kappa shape index (κ1) is 11.1. The molecule has 3 heteroatoms. The van der Waals surface area contributed by atoms with E-state index < -0.39 is 0 Å². The quantitative estimate of drug-likeness (QED) is 0.550. The lowest BCUT2D eigenvalue weighted by molar-refractivity contribution is 0.480. The van der Waals surface area contributed by atoms with Gasteiger partial charge in [0.25, 0.3) is 0 Å². The molecule has 0 aliphatic rings. The Kier molecular flexibility index (Phi) is 4.47. The van der Waals surface area contributed by atoms with E-state index >= 15 is 0 Å². The molecule has 0 saturated carbocycles. The minimum absolute atomic E-state index is 0.721. The molecular formula is C11H15ClN2. The fourth-order valence-electron chi connectivity index (χ4n) is 1.09. The number of halogens is 1. The van der Waals surface area contributed by atoms with Crippen molar-refractivity contribution in [2.45, 2.75) is 13.8 Å². The summed E-state index contributed by atoms with van der Waals surface area (Å²) in [7, 11) is 0. The lowest BCUT2D eigenvalue weighted by Crippen LogP contribution is -2.20. The third kappa shape index (κ3) is 3.38. The molecule has 2 nitrogen and oxygen atoms in total. The molecule has 0 spiro atoms. The summed E-state index contributed by atoms with van der Waals surface area (Å²) in [6.45, 7) is 6.15. The van der Waals surface area contributed by atoms with Gasteiger partial charge in [0.05, 0.1) is 12.0 Å². The molecule has 0 aromatic heterocycles.